The molecule has 0 radical (unpaired) electrons. The Labute approximate surface area is 213 Å². The largest absolute Gasteiger partial charge is 0.573 e. The van der Waals surface area contributed by atoms with Gasteiger partial charge < -0.3 is 14.2 Å². The number of esters is 1. The molecule has 0 aliphatic carbocycles. The zero-order valence-electron chi connectivity index (χ0n) is 21.2. The second kappa shape index (κ2) is 10.9. The lowest BCUT2D eigenvalue weighted by atomic mass is 9.87. The van der Waals surface area contributed by atoms with E-state index in [1.807, 2.05) is 24.3 Å². The number of benzene rings is 3. The summed E-state index contributed by atoms with van der Waals surface area (Å²) in [4.78, 5) is 26.3. The van der Waals surface area contributed by atoms with Gasteiger partial charge in [0.15, 0.2) is 0 Å². The van der Waals surface area contributed by atoms with Crippen LogP contribution in [0.2, 0.25) is 0 Å². The van der Waals surface area contributed by atoms with E-state index in [4.69, 9.17) is 4.74 Å². The molecule has 0 bridgehead atoms. The lowest BCUT2D eigenvalue weighted by Gasteiger charge is -2.24. The summed E-state index contributed by atoms with van der Waals surface area (Å²) < 4.78 is 51.5. The summed E-state index contributed by atoms with van der Waals surface area (Å²) in [5.74, 6) is -1.87. The van der Waals surface area contributed by atoms with E-state index in [0.717, 1.165) is 18.2 Å². The molecule has 0 heterocycles. The van der Waals surface area contributed by atoms with Crippen LogP contribution >= 0.6 is 0 Å². The first-order chi connectivity index (χ1) is 17.3. The highest BCUT2D eigenvalue weighted by Crippen LogP contribution is 2.36. The fourth-order valence-corrected chi connectivity index (χ4v) is 3.69. The third-order valence-electron chi connectivity index (χ3n) is 5.66. The molecule has 3 aromatic rings. The number of ether oxygens (including phenoxy) is 3. The van der Waals surface area contributed by atoms with Crippen LogP contribution in [0.1, 0.15) is 31.9 Å². The molecule has 0 saturated heterocycles. The Morgan fingerprint density at radius 2 is 1.49 bits per heavy atom. The van der Waals surface area contributed by atoms with E-state index < -0.39 is 18.2 Å². The summed E-state index contributed by atoms with van der Waals surface area (Å²) in [6.07, 6.45) is -4.79. The molecule has 1 amide bonds. The summed E-state index contributed by atoms with van der Waals surface area (Å²) in [5, 5.41) is 0. The second-order valence-corrected chi connectivity index (χ2v) is 9.29. The average Bonchev–Trinajstić information content (AvgIpc) is 2.85. The standard InChI is InChI=1S/C28H28F3NO5/c1-27(2,3)20-10-6-18(7-11-20)17-32(25(33)26(34)36-5)21-12-15-23(24(16-21)35-4)19-8-13-22(14-9-19)37-28(29,30)31/h6-16H,17H2,1-5H3. The van der Waals surface area contributed by atoms with E-state index >= 15 is 0 Å². The lowest BCUT2D eigenvalue weighted by Crippen LogP contribution is -2.37. The third kappa shape index (κ3) is 7.03. The fraction of sp³-hybridized carbons (Fsp3) is 0.286. The SMILES string of the molecule is COC(=O)C(=O)N(Cc1ccc(C(C)(C)C)cc1)c1ccc(-c2ccc(OC(F)(F)F)cc2)c(OC)c1. The average molecular weight is 516 g/mol. The van der Waals surface area contributed by atoms with Crippen LogP contribution in [0.15, 0.2) is 66.7 Å². The first kappa shape index (κ1) is 27.6. The van der Waals surface area contributed by atoms with Gasteiger partial charge in [-0.25, -0.2) is 4.79 Å². The highest BCUT2D eigenvalue weighted by molar-refractivity contribution is 6.38. The van der Waals surface area contributed by atoms with E-state index in [1.165, 1.54) is 36.3 Å². The Morgan fingerprint density at radius 3 is 2.00 bits per heavy atom. The summed E-state index contributed by atoms with van der Waals surface area (Å²) >= 11 is 0. The molecule has 0 fully saturated rings. The first-order valence-electron chi connectivity index (χ1n) is 11.4. The quantitative estimate of drug-likeness (QED) is 0.286. The molecule has 0 N–H and O–H groups in total. The van der Waals surface area contributed by atoms with Crippen molar-refractivity contribution in [2.45, 2.75) is 39.1 Å². The number of nitrogens with zero attached hydrogens (tertiary/aromatic N) is 1. The maximum Gasteiger partial charge on any atom is 0.573 e. The Bertz CT molecular complexity index is 1250. The number of methoxy groups -OCH3 is 2. The van der Waals surface area contributed by atoms with Crippen LogP contribution < -0.4 is 14.4 Å². The summed E-state index contributed by atoms with van der Waals surface area (Å²) in [6.45, 7) is 6.39. The van der Waals surface area contributed by atoms with Gasteiger partial charge in [-0.3, -0.25) is 9.69 Å². The van der Waals surface area contributed by atoms with Gasteiger partial charge in [0.2, 0.25) is 0 Å². The van der Waals surface area contributed by atoms with Gasteiger partial charge in [0, 0.05) is 17.3 Å². The van der Waals surface area contributed by atoms with Gasteiger partial charge in [0.05, 0.1) is 20.8 Å². The highest BCUT2D eigenvalue weighted by Gasteiger charge is 2.31. The van der Waals surface area contributed by atoms with Gasteiger partial charge in [0.1, 0.15) is 11.5 Å². The third-order valence-corrected chi connectivity index (χ3v) is 5.66. The van der Waals surface area contributed by atoms with Crippen molar-refractivity contribution in [3.63, 3.8) is 0 Å². The van der Waals surface area contributed by atoms with Gasteiger partial charge in [-0.15, -0.1) is 13.2 Å². The summed E-state index contributed by atoms with van der Waals surface area (Å²) in [6, 6.07) is 17.9. The Kier molecular flexibility index (Phi) is 8.15. The van der Waals surface area contributed by atoms with E-state index in [2.05, 4.69) is 30.2 Å². The van der Waals surface area contributed by atoms with Crippen molar-refractivity contribution in [1.82, 2.24) is 0 Å². The molecule has 0 spiro atoms. The molecule has 0 atom stereocenters. The highest BCUT2D eigenvalue weighted by atomic mass is 19.4. The van der Waals surface area contributed by atoms with Crippen molar-refractivity contribution in [1.29, 1.82) is 0 Å². The maximum atomic E-state index is 12.9. The van der Waals surface area contributed by atoms with Crippen LogP contribution in [0, 0.1) is 0 Å². The maximum absolute atomic E-state index is 12.9. The van der Waals surface area contributed by atoms with Crippen molar-refractivity contribution in [3.05, 3.63) is 77.9 Å². The zero-order chi connectivity index (χ0) is 27.4. The van der Waals surface area contributed by atoms with Crippen LogP contribution in [0.3, 0.4) is 0 Å². The Morgan fingerprint density at radius 1 is 0.865 bits per heavy atom. The zero-order valence-corrected chi connectivity index (χ0v) is 21.2. The normalized spacial score (nSPS) is 11.6. The van der Waals surface area contributed by atoms with Crippen LogP contribution in [0.5, 0.6) is 11.5 Å². The minimum absolute atomic E-state index is 0.0413. The minimum atomic E-state index is -4.79. The van der Waals surface area contributed by atoms with Crippen molar-refractivity contribution < 1.29 is 37.0 Å². The molecule has 0 aromatic heterocycles. The predicted octanol–water partition coefficient (Wildman–Crippen LogP) is 6.26. The lowest BCUT2D eigenvalue weighted by molar-refractivity contribution is -0.274. The molecule has 0 unspecified atom stereocenters. The molecule has 0 aliphatic rings. The predicted molar refractivity (Wildman–Crippen MR) is 133 cm³/mol. The number of carbonyl (C=O) groups is 2. The van der Waals surface area contributed by atoms with Gasteiger partial charge in [-0.05, 0) is 46.4 Å². The van der Waals surface area contributed by atoms with Gasteiger partial charge >= 0.3 is 18.2 Å². The number of carbonyl (C=O) groups excluding carboxylic acids is 2. The number of anilines is 1. The second-order valence-electron chi connectivity index (χ2n) is 9.29. The van der Waals surface area contributed by atoms with E-state index in [-0.39, 0.29) is 17.7 Å². The van der Waals surface area contributed by atoms with Gasteiger partial charge in [-0.2, -0.15) is 0 Å². The summed E-state index contributed by atoms with van der Waals surface area (Å²) in [5.41, 5.74) is 3.41. The number of halogens is 3. The fourth-order valence-electron chi connectivity index (χ4n) is 3.69. The minimum Gasteiger partial charge on any atom is -0.496 e. The van der Waals surface area contributed by atoms with E-state index in [9.17, 15) is 22.8 Å². The van der Waals surface area contributed by atoms with E-state index in [1.54, 1.807) is 18.2 Å². The molecular weight excluding hydrogens is 487 g/mol. The van der Waals surface area contributed by atoms with Crippen molar-refractivity contribution in [3.8, 4) is 22.6 Å². The van der Waals surface area contributed by atoms with Crippen molar-refractivity contribution in [2.75, 3.05) is 19.1 Å². The van der Waals surface area contributed by atoms with Crippen molar-refractivity contribution in [2.24, 2.45) is 0 Å². The van der Waals surface area contributed by atoms with E-state index in [0.29, 0.717) is 22.6 Å². The first-order valence-corrected chi connectivity index (χ1v) is 11.4. The molecule has 9 heteroatoms. The molecule has 3 rings (SSSR count). The number of hydrogen-bond acceptors (Lipinski definition) is 5. The topological polar surface area (TPSA) is 65.1 Å². The summed E-state index contributed by atoms with van der Waals surface area (Å²) in [7, 11) is 2.56. The van der Waals surface area contributed by atoms with Crippen LogP contribution in [-0.2, 0) is 26.3 Å². The molecular formula is C28H28F3NO5. The molecule has 37 heavy (non-hydrogen) atoms. The van der Waals surface area contributed by atoms with Crippen LogP contribution in [-0.4, -0.2) is 32.5 Å². The van der Waals surface area contributed by atoms with Crippen molar-refractivity contribution >= 4 is 17.6 Å². The molecule has 0 saturated carbocycles. The number of rotatable bonds is 6. The smallest absolute Gasteiger partial charge is 0.496 e. The monoisotopic (exact) mass is 515 g/mol. The Balaban J connectivity index is 1.95. The number of hydrogen-bond donors (Lipinski definition) is 0. The molecule has 0 aliphatic heterocycles. The number of amides is 1. The molecule has 196 valence electrons. The van der Waals surface area contributed by atoms with Crippen LogP contribution in [0.4, 0.5) is 18.9 Å². The van der Waals surface area contributed by atoms with Gasteiger partial charge in [-0.1, -0.05) is 57.2 Å². The number of alkyl halides is 3. The molecule has 6 nitrogen and oxygen atoms in total. The molecule has 3 aromatic carbocycles. The van der Waals surface area contributed by atoms with Gasteiger partial charge in [0.25, 0.3) is 0 Å². The Hall–Kier alpha value is -4.01. The van der Waals surface area contributed by atoms with Crippen LogP contribution in [0.25, 0.3) is 11.1 Å².